The molecule has 0 aromatic heterocycles. The molecule has 2 aliphatic rings. The van der Waals surface area contributed by atoms with Crippen molar-refractivity contribution in [2.75, 3.05) is 0 Å². The fourth-order valence-corrected chi connectivity index (χ4v) is 6.03. The van der Waals surface area contributed by atoms with E-state index in [2.05, 4.69) is 40.8 Å². The molecule has 31 heavy (non-hydrogen) atoms. The molecule has 0 N–H and O–H groups in total. The Balaban J connectivity index is 1.86. The van der Waals surface area contributed by atoms with Gasteiger partial charge >= 0.3 is 0 Å². The second-order valence-electron chi connectivity index (χ2n) is 11.4. The molecule has 182 valence electrons. The number of carbonyl (C=O) groups excluding carboxylic acids is 1. The molecule has 2 fully saturated rings. The van der Waals surface area contributed by atoms with Crippen molar-refractivity contribution in [2.45, 2.75) is 160 Å². The van der Waals surface area contributed by atoms with Gasteiger partial charge in [0.05, 0.1) is 24.4 Å². The first-order chi connectivity index (χ1) is 14.7. The Labute approximate surface area is 193 Å². The van der Waals surface area contributed by atoms with Crippen LogP contribution in [0, 0.1) is 0 Å². The lowest BCUT2D eigenvalue weighted by Gasteiger charge is -2.41. The fraction of sp³-hybridized carbons (Fsp3) is 0.962. The van der Waals surface area contributed by atoms with E-state index in [1.165, 1.54) is 51.4 Å². The number of rotatable bonds is 14. The summed E-state index contributed by atoms with van der Waals surface area (Å²) in [5.74, 6) is 0. The monoisotopic (exact) mass is 454 g/mol. The summed E-state index contributed by atoms with van der Waals surface area (Å²) in [6, 6.07) is 0. The van der Waals surface area contributed by atoms with Gasteiger partial charge in [0, 0.05) is 0 Å². The molecule has 0 aromatic carbocycles. The molecule has 0 unspecified atom stereocenters. The van der Waals surface area contributed by atoms with Gasteiger partial charge in [0.1, 0.15) is 12.4 Å². The summed E-state index contributed by atoms with van der Waals surface area (Å²) in [7, 11) is -1.85. The molecule has 2 rings (SSSR count). The fourth-order valence-electron chi connectivity index (χ4n) is 4.65. The van der Waals surface area contributed by atoms with Crippen molar-refractivity contribution in [1.82, 2.24) is 0 Å². The number of carbonyl (C=O) groups is 1. The minimum absolute atomic E-state index is 0.0804. The molecule has 0 bridgehead atoms. The van der Waals surface area contributed by atoms with Crippen molar-refractivity contribution in [1.29, 1.82) is 0 Å². The highest BCUT2D eigenvalue weighted by atomic mass is 28.4. The Morgan fingerprint density at radius 3 is 2.06 bits per heavy atom. The van der Waals surface area contributed by atoms with E-state index in [-0.39, 0.29) is 35.6 Å². The first-order valence-electron chi connectivity index (χ1n) is 13.1. The van der Waals surface area contributed by atoms with Crippen LogP contribution in [0.2, 0.25) is 18.1 Å². The average molecular weight is 455 g/mol. The van der Waals surface area contributed by atoms with Crippen molar-refractivity contribution in [3.63, 3.8) is 0 Å². The number of unbranched alkanes of at least 4 members (excludes halogenated alkanes) is 7. The third-order valence-corrected chi connectivity index (χ3v) is 12.3. The zero-order chi connectivity index (χ0) is 22.9. The van der Waals surface area contributed by atoms with Crippen LogP contribution in [0.25, 0.3) is 0 Å². The summed E-state index contributed by atoms with van der Waals surface area (Å²) in [6.07, 6.45) is 16.9. The van der Waals surface area contributed by atoms with E-state index < -0.39 is 8.32 Å². The van der Waals surface area contributed by atoms with Crippen molar-refractivity contribution in [3.8, 4) is 0 Å². The average Bonchev–Trinajstić information content (AvgIpc) is 3.37. The Kier molecular flexibility index (Phi) is 11.2. The van der Waals surface area contributed by atoms with Crippen LogP contribution in [0.3, 0.4) is 0 Å². The second-order valence-corrected chi connectivity index (χ2v) is 16.2. The van der Waals surface area contributed by atoms with Crippen LogP contribution >= 0.6 is 0 Å². The number of hydrogen-bond acceptors (Lipinski definition) is 4. The summed E-state index contributed by atoms with van der Waals surface area (Å²) in [5, 5.41) is 0.203. The third kappa shape index (κ3) is 8.56. The van der Waals surface area contributed by atoms with Gasteiger partial charge in [-0.15, -0.1) is 0 Å². The number of aldehydes is 1. The lowest BCUT2D eigenvalue weighted by molar-refractivity contribution is -0.123. The van der Waals surface area contributed by atoms with E-state index in [0.717, 1.165) is 38.4 Å². The molecule has 2 saturated heterocycles. The predicted octanol–water partition coefficient (Wildman–Crippen LogP) is 7.20. The first kappa shape index (κ1) is 27.0. The van der Waals surface area contributed by atoms with Crippen molar-refractivity contribution >= 4 is 14.6 Å². The predicted molar refractivity (Wildman–Crippen MR) is 131 cm³/mol. The Morgan fingerprint density at radius 1 is 0.903 bits per heavy atom. The standard InChI is InChI=1S/C26H50O4Si/c1-7-8-9-10-11-12-13-14-15-25(30-31(5,6)26(2,3)4)24-19-18-23(29-24)22-17-16-21(20-27)28-22/h20-25H,7-19H2,1-6H3/t21-,22+,23+,24-,25+/m1/s1. The Hall–Kier alpha value is -0.233. The van der Waals surface area contributed by atoms with Crippen molar-refractivity contribution in [3.05, 3.63) is 0 Å². The van der Waals surface area contributed by atoms with Gasteiger partial charge in [0.2, 0.25) is 0 Å². The van der Waals surface area contributed by atoms with E-state index in [9.17, 15) is 4.79 Å². The van der Waals surface area contributed by atoms with E-state index >= 15 is 0 Å². The van der Waals surface area contributed by atoms with Crippen LogP contribution in [-0.2, 0) is 18.7 Å². The second kappa shape index (κ2) is 12.9. The SMILES string of the molecule is CCCCCCCCCC[C@H](O[Si](C)(C)C(C)(C)C)[C@H]1CC[C@@H]([C@@H]2CC[C@H](C=O)O2)O1. The molecule has 0 spiro atoms. The van der Waals surface area contributed by atoms with Crippen molar-refractivity contribution in [2.24, 2.45) is 0 Å². The molecule has 4 nitrogen and oxygen atoms in total. The molecular weight excluding hydrogens is 404 g/mol. The maximum atomic E-state index is 11.1. The maximum Gasteiger partial charge on any atom is 0.192 e. The first-order valence-corrected chi connectivity index (χ1v) is 16.0. The highest BCUT2D eigenvalue weighted by molar-refractivity contribution is 6.74. The normalized spacial score (nSPS) is 28.2. The van der Waals surface area contributed by atoms with E-state index in [1.807, 2.05) is 0 Å². The van der Waals surface area contributed by atoms with Gasteiger partial charge in [0.25, 0.3) is 0 Å². The molecule has 5 atom stereocenters. The molecule has 2 aliphatic heterocycles. The molecule has 0 amide bonds. The molecule has 2 heterocycles. The van der Waals surface area contributed by atoms with Crippen LogP contribution in [0.15, 0.2) is 0 Å². The van der Waals surface area contributed by atoms with Crippen molar-refractivity contribution < 1.29 is 18.7 Å². The maximum absolute atomic E-state index is 11.1. The zero-order valence-electron chi connectivity index (χ0n) is 21.3. The molecule has 0 aliphatic carbocycles. The lowest BCUT2D eigenvalue weighted by atomic mass is 10.0. The largest absolute Gasteiger partial charge is 0.411 e. The zero-order valence-corrected chi connectivity index (χ0v) is 22.3. The number of ether oxygens (including phenoxy) is 2. The van der Waals surface area contributed by atoms with Gasteiger partial charge in [-0.05, 0) is 50.2 Å². The summed E-state index contributed by atoms with van der Waals surface area (Å²) < 4.78 is 19.4. The quantitative estimate of drug-likeness (QED) is 0.158. The number of hydrogen-bond donors (Lipinski definition) is 0. The van der Waals surface area contributed by atoms with Crippen LogP contribution in [0.5, 0.6) is 0 Å². The smallest absolute Gasteiger partial charge is 0.192 e. The highest BCUT2D eigenvalue weighted by Gasteiger charge is 2.44. The molecule has 0 saturated carbocycles. The molecule has 5 heteroatoms. The van der Waals surface area contributed by atoms with Gasteiger partial charge in [-0.3, -0.25) is 0 Å². The van der Waals surface area contributed by atoms with Gasteiger partial charge in [-0.2, -0.15) is 0 Å². The van der Waals surface area contributed by atoms with Gasteiger partial charge in [0.15, 0.2) is 8.32 Å². The van der Waals surface area contributed by atoms with Gasteiger partial charge in [-0.25, -0.2) is 0 Å². The van der Waals surface area contributed by atoms with Crippen LogP contribution in [0.1, 0.15) is 111 Å². The van der Waals surface area contributed by atoms with Crippen LogP contribution in [-0.4, -0.2) is 45.1 Å². The Morgan fingerprint density at radius 2 is 1.48 bits per heavy atom. The van der Waals surface area contributed by atoms with E-state index in [1.54, 1.807) is 0 Å². The van der Waals surface area contributed by atoms with Gasteiger partial charge < -0.3 is 18.7 Å². The van der Waals surface area contributed by atoms with Crippen LogP contribution in [0.4, 0.5) is 0 Å². The highest BCUT2D eigenvalue weighted by Crippen LogP contribution is 2.40. The summed E-state index contributed by atoms with van der Waals surface area (Å²) in [6.45, 7) is 13.9. The minimum Gasteiger partial charge on any atom is -0.411 e. The molecular formula is C26H50O4Si. The lowest BCUT2D eigenvalue weighted by Crippen LogP contribution is -2.47. The van der Waals surface area contributed by atoms with E-state index in [4.69, 9.17) is 13.9 Å². The van der Waals surface area contributed by atoms with Gasteiger partial charge in [-0.1, -0.05) is 79.1 Å². The summed E-state index contributed by atoms with van der Waals surface area (Å²) in [4.78, 5) is 11.1. The summed E-state index contributed by atoms with van der Waals surface area (Å²) >= 11 is 0. The van der Waals surface area contributed by atoms with Crippen LogP contribution < -0.4 is 0 Å². The topological polar surface area (TPSA) is 44.8 Å². The Bertz CT molecular complexity index is 516. The summed E-state index contributed by atoms with van der Waals surface area (Å²) in [5.41, 5.74) is 0. The molecule has 0 aromatic rings. The van der Waals surface area contributed by atoms with E-state index in [0.29, 0.717) is 0 Å². The minimum atomic E-state index is -1.85. The molecule has 0 radical (unpaired) electrons. The third-order valence-electron chi connectivity index (χ3n) is 7.75.